The first-order chi connectivity index (χ1) is 12.5. The molecule has 0 spiro atoms. The van der Waals surface area contributed by atoms with Crippen LogP contribution < -0.4 is 23.5 Å². The maximum absolute atomic E-state index is 12.8. The maximum Gasteiger partial charge on any atom is 0.341 e. The summed E-state index contributed by atoms with van der Waals surface area (Å²) in [6.45, 7) is -0.0872. The molecule has 1 N–H and O–H groups in total. The zero-order valence-electron chi connectivity index (χ0n) is 14.9. The van der Waals surface area contributed by atoms with Gasteiger partial charge in [-0.2, -0.15) is 4.57 Å². The highest BCUT2D eigenvalue weighted by atomic mass is 16.5. The second-order valence-electron chi connectivity index (χ2n) is 5.22. The number of aromatic nitrogens is 1. The van der Waals surface area contributed by atoms with Gasteiger partial charge < -0.3 is 24.1 Å². The number of methoxy groups -OCH3 is 4. The maximum atomic E-state index is 12.8. The summed E-state index contributed by atoms with van der Waals surface area (Å²) in [5, 5.41) is 9.07. The molecule has 1 heterocycles. The number of Topliss-reactive ketones (excluding diaryl/α,β-unsaturated/α-hetero) is 1. The summed E-state index contributed by atoms with van der Waals surface area (Å²) in [5.74, 6) is -0.306. The molecule has 0 atom stereocenters. The summed E-state index contributed by atoms with van der Waals surface area (Å²) >= 11 is 0. The molecule has 2 aromatic rings. The van der Waals surface area contributed by atoms with Crippen molar-refractivity contribution in [2.75, 3.05) is 28.4 Å². The first-order valence-corrected chi connectivity index (χ1v) is 7.59. The van der Waals surface area contributed by atoms with Crippen LogP contribution in [0.4, 0.5) is 0 Å². The average molecular weight is 362 g/mol. The van der Waals surface area contributed by atoms with Crippen molar-refractivity contribution in [3.63, 3.8) is 0 Å². The molecule has 8 nitrogen and oxygen atoms in total. The molecule has 0 unspecified atom stereocenters. The van der Waals surface area contributed by atoms with Crippen molar-refractivity contribution in [3.8, 4) is 23.0 Å². The highest BCUT2D eigenvalue weighted by molar-refractivity contribution is 6.00. The van der Waals surface area contributed by atoms with E-state index in [0.717, 1.165) is 0 Å². The van der Waals surface area contributed by atoms with E-state index >= 15 is 0 Å². The number of ether oxygens (including phenoxy) is 4. The molecule has 0 fully saturated rings. The normalized spacial score (nSPS) is 10.2. The SMILES string of the molecule is COc1cc(C(=O)C[n+]2cccc(C(=O)O)c2)c(OC)c(OC)c1OC. The molecule has 0 amide bonds. The number of carbonyl (C=O) groups excluding carboxylic acids is 1. The van der Waals surface area contributed by atoms with Gasteiger partial charge in [-0.25, -0.2) is 4.79 Å². The van der Waals surface area contributed by atoms with Gasteiger partial charge in [0.1, 0.15) is 5.56 Å². The zero-order valence-corrected chi connectivity index (χ0v) is 14.9. The minimum atomic E-state index is -1.07. The van der Waals surface area contributed by atoms with Gasteiger partial charge in [0.15, 0.2) is 23.9 Å². The molecule has 1 aromatic carbocycles. The van der Waals surface area contributed by atoms with Crippen LogP contribution in [0, 0.1) is 0 Å². The summed E-state index contributed by atoms with van der Waals surface area (Å²) in [6.07, 6.45) is 2.99. The highest BCUT2D eigenvalue weighted by Crippen LogP contribution is 2.46. The van der Waals surface area contributed by atoms with E-state index in [1.165, 1.54) is 51.3 Å². The number of carboxylic acids is 1. The van der Waals surface area contributed by atoms with Gasteiger partial charge in [0, 0.05) is 6.07 Å². The van der Waals surface area contributed by atoms with Gasteiger partial charge in [0.05, 0.1) is 34.0 Å². The van der Waals surface area contributed by atoms with Crippen LogP contribution in [-0.4, -0.2) is 45.3 Å². The Morgan fingerprint density at radius 2 is 1.65 bits per heavy atom. The van der Waals surface area contributed by atoms with Gasteiger partial charge in [0.2, 0.25) is 23.8 Å². The summed E-state index contributed by atoms with van der Waals surface area (Å²) < 4.78 is 22.7. The van der Waals surface area contributed by atoms with Crippen molar-refractivity contribution in [1.29, 1.82) is 0 Å². The average Bonchev–Trinajstić information content (AvgIpc) is 2.65. The molecule has 1 aromatic heterocycles. The minimum Gasteiger partial charge on any atom is -0.493 e. The van der Waals surface area contributed by atoms with Crippen LogP contribution in [0.2, 0.25) is 0 Å². The summed E-state index contributed by atoms with van der Waals surface area (Å²) in [7, 11) is 5.75. The Kier molecular flexibility index (Phi) is 6.00. The number of aromatic carboxylic acids is 1. The quantitative estimate of drug-likeness (QED) is 0.563. The Balaban J connectivity index is 2.48. The number of nitrogens with zero attached hydrogens (tertiary/aromatic N) is 1. The molecule has 0 aliphatic rings. The van der Waals surface area contributed by atoms with E-state index in [0.29, 0.717) is 11.5 Å². The van der Waals surface area contributed by atoms with Crippen molar-refractivity contribution in [2.45, 2.75) is 6.54 Å². The zero-order chi connectivity index (χ0) is 19.3. The molecule has 0 saturated carbocycles. The lowest BCUT2D eigenvalue weighted by molar-refractivity contribution is -0.683. The third-order valence-electron chi connectivity index (χ3n) is 3.72. The van der Waals surface area contributed by atoms with Gasteiger partial charge in [-0.05, 0) is 12.1 Å². The third-order valence-corrected chi connectivity index (χ3v) is 3.72. The fourth-order valence-corrected chi connectivity index (χ4v) is 2.54. The van der Waals surface area contributed by atoms with Crippen molar-refractivity contribution in [3.05, 3.63) is 41.7 Å². The van der Waals surface area contributed by atoms with E-state index < -0.39 is 5.97 Å². The minimum absolute atomic E-state index is 0.0807. The Morgan fingerprint density at radius 3 is 2.19 bits per heavy atom. The molecule has 0 bridgehead atoms. The van der Waals surface area contributed by atoms with Crippen molar-refractivity contribution >= 4 is 11.8 Å². The Bertz CT molecular complexity index is 833. The van der Waals surface area contributed by atoms with Crippen LogP contribution in [0.1, 0.15) is 20.7 Å². The number of carboxylic acid groups (broad SMARTS) is 1. The Morgan fingerprint density at radius 1 is 1.00 bits per heavy atom. The van der Waals surface area contributed by atoms with Crippen LogP contribution in [-0.2, 0) is 6.54 Å². The summed E-state index contributed by atoms with van der Waals surface area (Å²) in [6, 6.07) is 4.51. The number of hydrogen-bond acceptors (Lipinski definition) is 6. The third kappa shape index (κ3) is 3.69. The predicted molar refractivity (Wildman–Crippen MR) is 90.6 cm³/mol. The Hall–Kier alpha value is -3.29. The van der Waals surface area contributed by atoms with Crippen molar-refractivity contribution < 1.29 is 38.2 Å². The largest absolute Gasteiger partial charge is 0.493 e. The smallest absolute Gasteiger partial charge is 0.341 e. The summed E-state index contributed by atoms with van der Waals surface area (Å²) in [5.41, 5.74) is 0.312. The predicted octanol–water partition coefficient (Wildman–Crippen LogP) is 1.59. The van der Waals surface area contributed by atoms with Crippen molar-refractivity contribution in [2.24, 2.45) is 0 Å². The molecular weight excluding hydrogens is 342 g/mol. The molecule has 0 aliphatic carbocycles. The fraction of sp³-hybridized carbons (Fsp3) is 0.278. The lowest BCUT2D eigenvalue weighted by Crippen LogP contribution is -2.38. The van der Waals surface area contributed by atoms with Crippen LogP contribution >= 0.6 is 0 Å². The number of pyridine rings is 1. The number of carbonyl (C=O) groups is 2. The van der Waals surface area contributed by atoms with E-state index in [-0.39, 0.29) is 35.0 Å². The molecule has 0 radical (unpaired) electrons. The van der Waals surface area contributed by atoms with E-state index in [1.807, 2.05) is 0 Å². The monoisotopic (exact) mass is 362 g/mol. The topological polar surface area (TPSA) is 95.2 Å². The van der Waals surface area contributed by atoms with Gasteiger partial charge in [-0.3, -0.25) is 4.79 Å². The van der Waals surface area contributed by atoms with Gasteiger partial charge in [0.25, 0.3) is 0 Å². The number of hydrogen-bond donors (Lipinski definition) is 1. The van der Waals surface area contributed by atoms with Crippen LogP contribution in [0.25, 0.3) is 0 Å². The standard InChI is InChI=1S/C18H19NO7/c1-23-14-8-12(15(24-2)17(26-4)16(14)25-3)13(20)10-19-7-5-6-11(9-19)18(21)22/h5-9H,10H2,1-4H3/p+1. The second-order valence-corrected chi connectivity index (χ2v) is 5.22. The van der Waals surface area contributed by atoms with Gasteiger partial charge >= 0.3 is 5.97 Å². The fourth-order valence-electron chi connectivity index (χ4n) is 2.54. The van der Waals surface area contributed by atoms with E-state index in [9.17, 15) is 9.59 Å². The number of ketones is 1. The summed E-state index contributed by atoms with van der Waals surface area (Å²) in [4.78, 5) is 23.9. The van der Waals surface area contributed by atoms with Crippen LogP contribution in [0.5, 0.6) is 23.0 Å². The molecular formula is C18H20NO7+. The molecule has 2 rings (SSSR count). The van der Waals surface area contributed by atoms with Gasteiger partial charge in [-0.1, -0.05) is 0 Å². The second kappa shape index (κ2) is 8.19. The first-order valence-electron chi connectivity index (χ1n) is 7.59. The number of benzene rings is 1. The lowest BCUT2D eigenvalue weighted by Gasteiger charge is -2.17. The molecule has 0 aliphatic heterocycles. The Labute approximate surface area is 150 Å². The highest BCUT2D eigenvalue weighted by Gasteiger charge is 2.27. The molecule has 8 heteroatoms. The first kappa shape index (κ1) is 19.0. The molecule has 0 saturated heterocycles. The number of rotatable bonds is 8. The van der Waals surface area contributed by atoms with Crippen LogP contribution in [0.3, 0.4) is 0 Å². The van der Waals surface area contributed by atoms with Gasteiger partial charge in [-0.15, -0.1) is 0 Å². The van der Waals surface area contributed by atoms with Crippen LogP contribution in [0.15, 0.2) is 30.6 Å². The molecule has 26 heavy (non-hydrogen) atoms. The molecule has 138 valence electrons. The van der Waals surface area contributed by atoms with E-state index in [4.69, 9.17) is 24.1 Å². The lowest BCUT2D eigenvalue weighted by atomic mass is 10.1. The van der Waals surface area contributed by atoms with E-state index in [2.05, 4.69) is 0 Å². The van der Waals surface area contributed by atoms with Crippen molar-refractivity contribution in [1.82, 2.24) is 0 Å². The van der Waals surface area contributed by atoms with E-state index in [1.54, 1.807) is 12.3 Å².